The molecule has 1 aromatic carbocycles. The SMILES string of the molecule is CCNC(c1c(F)cccc1F)C1CCS(=O)(=O)C1. The van der Waals surface area contributed by atoms with E-state index in [1.807, 2.05) is 6.92 Å². The minimum absolute atomic E-state index is 0.0154. The van der Waals surface area contributed by atoms with Gasteiger partial charge in [0.2, 0.25) is 0 Å². The van der Waals surface area contributed by atoms with Crippen molar-refractivity contribution in [1.82, 2.24) is 5.32 Å². The highest BCUT2D eigenvalue weighted by Crippen LogP contribution is 2.33. The van der Waals surface area contributed by atoms with Gasteiger partial charge < -0.3 is 5.32 Å². The third kappa shape index (κ3) is 3.12. The van der Waals surface area contributed by atoms with Gasteiger partial charge in [-0.1, -0.05) is 13.0 Å². The molecular formula is C13H17F2NO2S. The van der Waals surface area contributed by atoms with Crippen molar-refractivity contribution >= 4 is 9.84 Å². The first-order valence-electron chi connectivity index (χ1n) is 6.32. The van der Waals surface area contributed by atoms with Crippen LogP contribution in [0.3, 0.4) is 0 Å². The lowest BCUT2D eigenvalue weighted by atomic mass is 9.91. The molecule has 1 aromatic rings. The molecule has 2 rings (SSSR count). The summed E-state index contributed by atoms with van der Waals surface area (Å²) in [6.07, 6.45) is 0.438. The molecule has 0 amide bonds. The highest BCUT2D eigenvalue weighted by atomic mass is 32.2. The van der Waals surface area contributed by atoms with E-state index in [9.17, 15) is 17.2 Å². The molecule has 0 saturated carbocycles. The first kappa shape index (κ1) is 14.4. The van der Waals surface area contributed by atoms with Gasteiger partial charge in [0.1, 0.15) is 11.6 Å². The zero-order valence-corrected chi connectivity index (χ0v) is 11.5. The van der Waals surface area contributed by atoms with Crippen molar-refractivity contribution in [2.24, 2.45) is 5.92 Å². The van der Waals surface area contributed by atoms with Crippen LogP contribution in [0.15, 0.2) is 18.2 Å². The number of benzene rings is 1. The van der Waals surface area contributed by atoms with E-state index < -0.39 is 27.5 Å². The van der Waals surface area contributed by atoms with E-state index in [0.29, 0.717) is 13.0 Å². The third-order valence-corrected chi connectivity index (χ3v) is 5.27. The maximum absolute atomic E-state index is 13.8. The van der Waals surface area contributed by atoms with Crippen LogP contribution >= 0.6 is 0 Å². The molecule has 1 N–H and O–H groups in total. The van der Waals surface area contributed by atoms with E-state index in [4.69, 9.17) is 0 Å². The van der Waals surface area contributed by atoms with Crippen molar-refractivity contribution in [3.05, 3.63) is 35.4 Å². The molecule has 0 radical (unpaired) electrons. The van der Waals surface area contributed by atoms with Gasteiger partial charge in [-0.05, 0) is 31.0 Å². The molecule has 2 unspecified atom stereocenters. The topological polar surface area (TPSA) is 46.2 Å². The lowest BCUT2D eigenvalue weighted by molar-refractivity contribution is 0.371. The van der Waals surface area contributed by atoms with Crippen LogP contribution in [0, 0.1) is 17.6 Å². The number of rotatable bonds is 4. The molecule has 6 heteroatoms. The van der Waals surface area contributed by atoms with Crippen LogP contribution in [-0.2, 0) is 9.84 Å². The Morgan fingerprint density at radius 3 is 2.47 bits per heavy atom. The van der Waals surface area contributed by atoms with Crippen LogP contribution in [0.25, 0.3) is 0 Å². The van der Waals surface area contributed by atoms with Crippen molar-refractivity contribution in [1.29, 1.82) is 0 Å². The summed E-state index contributed by atoms with van der Waals surface area (Å²) in [7, 11) is -3.08. The van der Waals surface area contributed by atoms with E-state index in [-0.39, 0.29) is 23.0 Å². The summed E-state index contributed by atoms with van der Waals surface area (Å²) in [4.78, 5) is 0. The third-order valence-electron chi connectivity index (χ3n) is 3.47. The number of sulfone groups is 1. The fourth-order valence-electron chi connectivity index (χ4n) is 2.62. The quantitative estimate of drug-likeness (QED) is 0.923. The van der Waals surface area contributed by atoms with Crippen LogP contribution in [-0.4, -0.2) is 26.5 Å². The van der Waals surface area contributed by atoms with Crippen LogP contribution in [0.1, 0.15) is 24.9 Å². The lowest BCUT2D eigenvalue weighted by Gasteiger charge is -2.24. The molecular weight excluding hydrogens is 272 g/mol. The van der Waals surface area contributed by atoms with E-state index in [2.05, 4.69) is 5.32 Å². The standard InChI is InChI=1S/C13H17F2NO2S/c1-2-16-13(9-6-7-19(17,18)8-9)12-10(14)4-3-5-11(12)15/h3-5,9,13,16H,2,6-8H2,1H3. The fraction of sp³-hybridized carbons (Fsp3) is 0.538. The van der Waals surface area contributed by atoms with E-state index in [0.717, 1.165) is 0 Å². The molecule has 106 valence electrons. The van der Waals surface area contributed by atoms with Crippen molar-refractivity contribution in [3.8, 4) is 0 Å². The number of halogens is 2. The minimum atomic E-state index is -3.08. The highest BCUT2D eigenvalue weighted by molar-refractivity contribution is 7.91. The number of hydrogen-bond donors (Lipinski definition) is 1. The summed E-state index contributed by atoms with van der Waals surface area (Å²) in [5, 5.41) is 3.02. The van der Waals surface area contributed by atoms with Crippen LogP contribution in [0.2, 0.25) is 0 Å². The van der Waals surface area contributed by atoms with Crippen LogP contribution < -0.4 is 5.32 Å². The fourth-order valence-corrected chi connectivity index (χ4v) is 4.46. The monoisotopic (exact) mass is 289 g/mol. The minimum Gasteiger partial charge on any atom is -0.310 e. The highest BCUT2D eigenvalue weighted by Gasteiger charge is 2.36. The van der Waals surface area contributed by atoms with E-state index in [1.165, 1.54) is 18.2 Å². The summed E-state index contributed by atoms with van der Waals surface area (Å²) < 4.78 is 50.8. The van der Waals surface area contributed by atoms with Crippen molar-refractivity contribution in [2.75, 3.05) is 18.1 Å². The zero-order chi connectivity index (χ0) is 14.0. The van der Waals surface area contributed by atoms with Crippen LogP contribution in [0.4, 0.5) is 8.78 Å². The maximum atomic E-state index is 13.8. The molecule has 0 bridgehead atoms. The summed E-state index contributed by atoms with van der Waals surface area (Å²) in [5.74, 6) is -1.46. The second-order valence-corrected chi connectivity index (χ2v) is 7.06. The molecule has 0 spiro atoms. The summed E-state index contributed by atoms with van der Waals surface area (Å²) in [5.41, 5.74) is -0.0496. The largest absolute Gasteiger partial charge is 0.310 e. The Labute approximate surface area is 111 Å². The molecule has 1 saturated heterocycles. The van der Waals surface area contributed by atoms with Crippen molar-refractivity contribution < 1.29 is 17.2 Å². The Morgan fingerprint density at radius 2 is 2.00 bits per heavy atom. The first-order valence-corrected chi connectivity index (χ1v) is 8.14. The Balaban J connectivity index is 2.36. The molecule has 0 aromatic heterocycles. The molecule has 3 nitrogen and oxygen atoms in total. The van der Waals surface area contributed by atoms with E-state index in [1.54, 1.807) is 0 Å². The van der Waals surface area contributed by atoms with Crippen molar-refractivity contribution in [2.45, 2.75) is 19.4 Å². The molecule has 1 heterocycles. The lowest BCUT2D eigenvalue weighted by Crippen LogP contribution is -2.30. The summed E-state index contributed by atoms with van der Waals surface area (Å²) in [6.45, 7) is 2.35. The predicted octanol–water partition coefficient (Wildman–Crippen LogP) is 2.05. The molecule has 19 heavy (non-hydrogen) atoms. The van der Waals surface area contributed by atoms with Crippen molar-refractivity contribution in [3.63, 3.8) is 0 Å². The van der Waals surface area contributed by atoms with Gasteiger partial charge in [-0.2, -0.15) is 0 Å². The second kappa shape index (κ2) is 5.54. The summed E-state index contributed by atoms with van der Waals surface area (Å²) >= 11 is 0. The molecule has 2 atom stereocenters. The first-order chi connectivity index (χ1) is 8.94. The molecule has 1 aliphatic heterocycles. The Hall–Kier alpha value is -1.01. The smallest absolute Gasteiger partial charge is 0.150 e. The molecule has 0 aliphatic carbocycles. The molecule has 1 aliphatic rings. The summed E-state index contributed by atoms with van der Waals surface area (Å²) in [6, 6.07) is 3.12. The van der Waals surface area contributed by atoms with Gasteiger partial charge in [0.15, 0.2) is 9.84 Å². The Kier molecular flexibility index (Phi) is 4.20. The van der Waals surface area contributed by atoms with Gasteiger partial charge in [-0.25, -0.2) is 17.2 Å². The van der Waals surface area contributed by atoms with Gasteiger partial charge in [0.05, 0.1) is 11.5 Å². The Bertz CT molecular complexity index is 540. The van der Waals surface area contributed by atoms with Gasteiger partial charge in [0.25, 0.3) is 0 Å². The van der Waals surface area contributed by atoms with Crippen LogP contribution in [0.5, 0.6) is 0 Å². The zero-order valence-electron chi connectivity index (χ0n) is 10.7. The normalized spacial score (nSPS) is 23.4. The number of nitrogens with one attached hydrogen (secondary N) is 1. The maximum Gasteiger partial charge on any atom is 0.150 e. The van der Waals surface area contributed by atoms with Gasteiger partial charge in [-0.3, -0.25) is 0 Å². The number of hydrogen-bond acceptors (Lipinski definition) is 3. The second-order valence-electron chi connectivity index (χ2n) is 4.83. The van der Waals surface area contributed by atoms with Gasteiger partial charge in [-0.15, -0.1) is 0 Å². The predicted molar refractivity (Wildman–Crippen MR) is 69.5 cm³/mol. The van der Waals surface area contributed by atoms with Gasteiger partial charge in [0, 0.05) is 11.6 Å². The van der Waals surface area contributed by atoms with Gasteiger partial charge >= 0.3 is 0 Å². The van der Waals surface area contributed by atoms with E-state index >= 15 is 0 Å². The average molecular weight is 289 g/mol. The Morgan fingerprint density at radius 1 is 1.37 bits per heavy atom. The molecule has 1 fully saturated rings. The average Bonchev–Trinajstić information content (AvgIpc) is 2.68.